The molecule has 31 heavy (non-hydrogen) atoms. The van der Waals surface area contributed by atoms with Crippen molar-refractivity contribution in [3.05, 3.63) is 113 Å². The first kappa shape index (κ1) is 22.1. The zero-order chi connectivity index (χ0) is 21.9. The van der Waals surface area contributed by atoms with E-state index in [9.17, 15) is 13.2 Å². The fourth-order valence-electron chi connectivity index (χ4n) is 2.75. The van der Waals surface area contributed by atoms with Crippen molar-refractivity contribution in [1.29, 1.82) is 0 Å². The van der Waals surface area contributed by atoms with Crippen LogP contribution in [0.2, 0.25) is 0 Å². The van der Waals surface area contributed by atoms with Crippen molar-refractivity contribution in [2.24, 2.45) is 5.10 Å². The second-order valence-electron chi connectivity index (χ2n) is 6.63. The maximum atomic E-state index is 12.2. The molecule has 7 heteroatoms. The summed E-state index contributed by atoms with van der Waals surface area (Å²) in [7, 11) is -3.64. The SMILES string of the molecule is O=C(CCNS(=O)(=O)/C=C/c1ccccc1)NN=C(c1ccccc1)c1ccccc1. The van der Waals surface area contributed by atoms with Crippen LogP contribution in [-0.4, -0.2) is 26.6 Å². The minimum atomic E-state index is -3.64. The van der Waals surface area contributed by atoms with Crippen LogP contribution in [-0.2, 0) is 14.8 Å². The molecule has 0 atom stereocenters. The Labute approximate surface area is 182 Å². The number of hydrogen-bond acceptors (Lipinski definition) is 4. The summed E-state index contributed by atoms with van der Waals surface area (Å²) in [5.74, 6) is -0.390. The van der Waals surface area contributed by atoms with E-state index < -0.39 is 10.0 Å². The Hall–Kier alpha value is -3.55. The molecule has 3 aromatic carbocycles. The Morgan fingerprint density at radius 3 is 1.87 bits per heavy atom. The number of nitrogens with zero attached hydrogens (tertiary/aromatic N) is 1. The van der Waals surface area contributed by atoms with Crippen LogP contribution in [0, 0.1) is 0 Å². The van der Waals surface area contributed by atoms with E-state index in [1.54, 1.807) is 12.1 Å². The van der Waals surface area contributed by atoms with E-state index in [0.29, 0.717) is 5.71 Å². The molecule has 0 spiro atoms. The molecule has 0 aliphatic rings. The van der Waals surface area contributed by atoms with Gasteiger partial charge in [0.2, 0.25) is 15.9 Å². The van der Waals surface area contributed by atoms with Gasteiger partial charge in [-0.25, -0.2) is 18.6 Å². The summed E-state index contributed by atoms with van der Waals surface area (Å²) in [5.41, 5.74) is 5.64. The Kier molecular flexibility index (Phi) is 7.86. The minimum Gasteiger partial charge on any atom is -0.273 e. The van der Waals surface area contributed by atoms with Gasteiger partial charge in [-0.2, -0.15) is 5.10 Å². The van der Waals surface area contributed by atoms with Crippen LogP contribution in [0.15, 0.2) is 102 Å². The van der Waals surface area contributed by atoms with E-state index in [-0.39, 0.29) is 18.9 Å². The van der Waals surface area contributed by atoms with Gasteiger partial charge < -0.3 is 0 Å². The smallest absolute Gasteiger partial charge is 0.241 e. The Morgan fingerprint density at radius 1 is 0.806 bits per heavy atom. The number of amides is 1. The Balaban J connectivity index is 1.58. The molecule has 3 aromatic rings. The quantitative estimate of drug-likeness (QED) is 0.400. The van der Waals surface area contributed by atoms with Crippen molar-refractivity contribution < 1.29 is 13.2 Å². The molecule has 6 nitrogen and oxygen atoms in total. The van der Waals surface area contributed by atoms with Gasteiger partial charge in [0.1, 0.15) is 0 Å². The standard InChI is InChI=1S/C24H23N3O3S/c28-23(16-18-25-31(29,30)19-17-20-10-4-1-5-11-20)26-27-24(21-12-6-2-7-13-21)22-14-8-3-9-15-22/h1-15,17,19,25H,16,18H2,(H,26,28)/b19-17+. The first-order valence-electron chi connectivity index (χ1n) is 9.74. The van der Waals surface area contributed by atoms with Crippen LogP contribution in [0.3, 0.4) is 0 Å². The molecule has 0 unspecified atom stereocenters. The van der Waals surface area contributed by atoms with Gasteiger partial charge in [0.05, 0.1) is 5.71 Å². The predicted molar refractivity (Wildman–Crippen MR) is 124 cm³/mol. The van der Waals surface area contributed by atoms with Crippen LogP contribution >= 0.6 is 0 Å². The highest BCUT2D eigenvalue weighted by atomic mass is 32.2. The van der Waals surface area contributed by atoms with Gasteiger partial charge in [-0.1, -0.05) is 91.0 Å². The van der Waals surface area contributed by atoms with E-state index in [2.05, 4.69) is 15.2 Å². The van der Waals surface area contributed by atoms with Crippen molar-refractivity contribution in [1.82, 2.24) is 10.1 Å². The van der Waals surface area contributed by atoms with Gasteiger partial charge in [-0.05, 0) is 11.6 Å². The highest BCUT2D eigenvalue weighted by Gasteiger charge is 2.09. The normalized spacial score (nSPS) is 11.2. The lowest BCUT2D eigenvalue weighted by Gasteiger charge is -2.08. The summed E-state index contributed by atoms with van der Waals surface area (Å²) < 4.78 is 26.5. The van der Waals surface area contributed by atoms with E-state index in [0.717, 1.165) is 22.1 Å². The maximum Gasteiger partial charge on any atom is 0.241 e. The number of nitrogens with one attached hydrogen (secondary N) is 2. The zero-order valence-electron chi connectivity index (χ0n) is 16.8. The third-order valence-corrected chi connectivity index (χ3v) is 5.38. The maximum absolute atomic E-state index is 12.2. The fraction of sp³-hybridized carbons (Fsp3) is 0.0833. The van der Waals surface area contributed by atoms with Crippen LogP contribution in [0.4, 0.5) is 0 Å². The average Bonchev–Trinajstić information content (AvgIpc) is 2.80. The Morgan fingerprint density at radius 2 is 1.32 bits per heavy atom. The molecule has 0 saturated carbocycles. The van der Waals surface area contributed by atoms with Gasteiger partial charge in [-0.3, -0.25) is 4.79 Å². The number of rotatable bonds is 9. The summed E-state index contributed by atoms with van der Waals surface area (Å²) in [6.45, 7) is -0.0329. The number of hydrazone groups is 1. The molecular weight excluding hydrogens is 410 g/mol. The third-order valence-electron chi connectivity index (χ3n) is 4.28. The van der Waals surface area contributed by atoms with Crippen molar-refractivity contribution in [3.63, 3.8) is 0 Å². The Bertz CT molecular complexity index is 1100. The van der Waals surface area contributed by atoms with Crippen molar-refractivity contribution in [3.8, 4) is 0 Å². The lowest BCUT2D eigenvalue weighted by atomic mass is 10.0. The van der Waals surface area contributed by atoms with Crippen LogP contribution in [0.5, 0.6) is 0 Å². The van der Waals surface area contributed by atoms with E-state index in [4.69, 9.17) is 0 Å². The molecule has 2 N–H and O–H groups in total. The molecule has 0 aromatic heterocycles. The van der Waals surface area contributed by atoms with Gasteiger partial charge in [0.15, 0.2) is 0 Å². The number of benzene rings is 3. The highest BCUT2D eigenvalue weighted by molar-refractivity contribution is 7.92. The summed E-state index contributed by atoms with van der Waals surface area (Å²) in [6, 6.07) is 28.1. The molecule has 0 aliphatic carbocycles. The van der Waals surface area contributed by atoms with Gasteiger partial charge in [0.25, 0.3) is 0 Å². The molecule has 0 saturated heterocycles. The fourth-order valence-corrected chi connectivity index (χ4v) is 3.57. The second-order valence-corrected chi connectivity index (χ2v) is 8.28. The van der Waals surface area contributed by atoms with Crippen LogP contribution in [0.25, 0.3) is 6.08 Å². The molecule has 0 radical (unpaired) electrons. The molecule has 0 aliphatic heterocycles. The first-order valence-corrected chi connectivity index (χ1v) is 11.3. The van der Waals surface area contributed by atoms with Gasteiger partial charge in [0, 0.05) is 29.5 Å². The monoisotopic (exact) mass is 433 g/mol. The minimum absolute atomic E-state index is 0.0329. The second kappa shape index (κ2) is 11.0. The van der Waals surface area contributed by atoms with E-state index >= 15 is 0 Å². The van der Waals surface area contributed by atoms with Gasteiger partial charge >= 0.3 is 0 Å². The molecule has 3 rings (SSSR count). The number of hydrogen-bond donors (Lipinski definition) is 2. The topological polar surface area (TPSA) is 87.6 Å². The molecule has 0 fully saturated rings. The predicted octanol–water partition coefficient (Wildman–Crippen LogP) is 3.54. The van der Waals surface area contributed by atoms with Crippen LogP contribution in [0.1, 0.15) is 23.1 Å². The molecule has 1 amide bonds. The lowest BCUT2D eigenvalue weighted by Crippen LogP contribution is -2.28. The highest BCUT2D eigenvalue weighted by Crippen LogP contribution is 2.10. The summed E-state index contributed by atoms with van der Waals surface area (Å²) in [4.78, 5) is 12.2. The van der Waals surface area contributed by atoms with Crippen molar-refractivity contribution in [2.45, 2.75) is 6.42 Å². The lowest BCUT2D eigenvalue weighted by molar-refractivity contribution is -0.120. The zero-order valence-corrected chi connectivity index (χ0v) is 17.6. The van der Waals surface area contributed by atoms with Crippen LogP contribution < -0.4 is 10.1 Å². The van der Waals surface area contributed by atoms with Crippen molar-refractivity contribution >= 4 is 27.7 Å². The number of sulfonamides is 1. The average molecular weight is 434 g/mol. The summed E-state index contributed by atoms with van der Waals surface area (Å²) in [6.07, 6.45) is 1.46. The molecule has 0 bridgehead atoms. The first-order chi connectivity index (χ1) is 15.0. The van der Waals surface area contributed by atoms with E-state index in [1.807, 2.05) is 78.9 Å². The summed E-state index contributed by atoms with van der Waals surface area (Å²) >= 11 is 0. The number of carbonyl (C=O) groups is 1. The van der Waals surface area contributed by atoms with Crippen molar-refractivity contribution in [2.75, 3.05) is 6.54 Å². The molecule has 0 heterocycles. The van der Waals surface area contributed by atoms with E-state index in [1.165, 1.54) is 6.08 Å². The largest absolute Gasteiger partial charge is 0.273 e. The number of carbonyl (C=O) groups excluding carboxylic acids is 1. The molecule has 158 valence electrons. The third kappa shape index (κ3) is 7.33. The molecular formula is C24H23N3O3S. The van der Waals surface area contributed by atoms with Gasteiger partial charge in [-0.15, -0.1) is 0 Å². The summed E-state index contributed by atoms with van der Waals surface area (Å²) in [5, 5.41) is 5.37.